The molecule has 0 bridgehead atoms. The van der Waals surface area contributed by atoms with Crippen molar-refractivity contribution in [2.45, 2.75) is 19.0 Å². The molecule has 2 aromatic rings. The minimum absolute atomic E-state index is 0.103. The lowest BCUT2D eigenvalue weighted by molar-refractivity contribution is -0.137. The van der Waals surface area contributed by atoms with Crippen molar-refractivity contribution in [1.82, 2.24) is 10.3 Å². The van der Waals surface area contributed by atoms with E-state index >= 15 is 0 Å². The van der Waals surface area contributed by atoms with Crippen LogP contribution in [-0.2, 0) is 11.0 Å². The van der Waals surface area contributed by atoms with E-state index in [0.717, 1.165) is 30.3 Å². The maximum atomic E-state index is 13.6. The third-order valence-electron chi connectivity index (χ3n) is 4.97. The highest BCUT2D eigenvalue weighted by molar-refractivity contribution is 5.94. The molecule has 0 aliphatic carbocycles. The van der Waals surface area contributed by atoms with Crippen LogP contribution in [0.25, 0.3) is 0 Å². The van der Waals surface area contributed by atoms with Gasteiger partial charge in [-0.25, -0.2) is 13.2 Å². The van der Waals surface area contributed by atoms with Gasteiger partial charge in [-0.05, 0) is 49.2 Å². The second-order valence-corrected chi connectivity index (χ2v) is 6.98. The topological polar surface area (TPSA) is 61.4 Å². The van der Waals surface area contributed by atoms with Crippen LogP contribution in [0.2, 0.25) is 0 Å². The fraction of sp³-hybridized carbons (Fsp3) is 0.300. The number of piperidine rings is 1. The minimum Gasteiger partial charge on any atom is -0.339 e. The highest BCUT2D eigenvalue weighted by Gasteiger charge is 2.31. The number of hydrazine groups is 1. The van der Waals surface area contributed by atoms with E-state index in [9.17, 15) is 35.9 Å². The van der Waals surface area contributed by atoms with Crippen molar-refractivity contribution in [2.75, 3.05) is 18.5 Å². The fourth-order valence-electron chi connectivity index (χ4n) is 3.18. The number of halogens is 6. The van der Waals surface area contributed by atoms with Crippen LogP contribution in [-0.4, -0.2) is 29.8 Å². The van der Waals surface area contributed by atoms with Gasteiger partial charge >= 0.3 is 6.18 Å². The number of benzene rings is 2. The number of rotatable bonds is 4. The molecule has 2 amide bonds. The van der Waals surface area contributed by atoms with Crippen molar-refractivity contribution in [3.8, 4) is 0 Å². The van der Waals surface area contributed by atoms with Gasteiger partial charge in [-0.2, -0.15) is 13.2 Å². The van der Waals surface area contributed by atoms with Crippen LogP contribution in [0.5, 0.6) is 0 Å². The second-order valence-electron chi connectivity index (χ2n) is 6.98. The first kappa shape index (κ1) is 22.4. The average Bonchev–Trinajstić information content (AvgIpc) is 2.76. The quantitative estimate of drug-likeness (QED) is 0.423. The van der Waals surface area contributed by atoms with Crippen LogP contribution in [0, 0.1) is 23.4 Å². The van der Waals surface area contributed by atoms with Gasteiger partial charge in [0, 0.05) is 24.6 Å². The molecule has 1 heterocycles. The molecule has 2 N–H and O–H groups in total. The molecule has 5 nitrogen and oxygen atoms in total. The molecule has 31 heavy (non-hydrogen) atoms. The van der Waals surface area contributed by atoms with Crippen molar-refractivity contribution < 1.29 is 35.9 Å². The Morgan fingerprint density at radius 2 is 1.52 bits per heavy atom. The smallest absolute Gasteiger partial charge is 0.339 e. The summed E-state index contributed by atoms with van der Waals surface area (Å²) in [4.78, 5) is 26.1. The monoisotopic (exact) mass is 445 g/mol. The van der Waals surface area contributed by atoms with Gasteiger partial charge in [0.05, 0.1) is 11.3 Å². The largest absolute Gasteiger partial charge is 0.416 e. The minimum atomic E-state index is -4.50. The zero-order valence-electron chi connectivity index (χ0n) is 15.9. The summed E-state index contributed by atoms with van der Waals surface area (Å²) in [5.74, 6) is -6.01. The summed E-state index contributed by atoms with van der Waals surface area (Å²) in [6.45, 7) is 0.384. The molecule has 11 heteroatoms. The Kier molecular flexibility index (Phi) is 6.42. The molecule has 166 valence electrons. The summed E-state index contributed by atoms with van der Waals surface area (Å²) in [6, 6.07) is 5.50. The third kappa shape index (κ3) is 5.09. The van der Waals surface area contributed by atoms with E-state index < -0.39 is 52.6 Å². The number of carbonyl (C=O) groups excluding carboxylic acids is 2. The number of amides is 2. The molecule has 2 aromatic carbocycles. The van der Waals surface area contributed by atoms with Crippen LogP contribution in [0.4, 0.5) is 32.0 Å². The molecule has 0 aromatic heterocycles. The standard InChI is InChI=1S/C20H17F6N3O2/c21-14-5-6-15(17(23)16(14)22)27-28-18(30)11-7-9-29(10-8-11)19(31)12-1-3-13(4-2-12)20(24,25)26/h1-6,11,27H,7-10H2,(H,28,30). The Morgan fingerprint density at radius 3 is 2.10 bits per heavy atom. The number of anilines is 1. The van der Waals surface area contributed by atoms with Gasteiger partial charge in [-0.15, -0.1) is 0 Å². The zero-order chi connectivity index (χ0) is 22.8. The van der Waals surface area contributed by atoms with E-state index in [1.54, 1.807) is 0 Å². The lowest BCUT2D eigenvalue weighted by Crippen LogP contribution is -2.44. The molecule has 0 atom stereocenters. The van der Waals surface area contributed by atoms with Gasteiger partial charge in [-0.3, -0.25) is 20.4 Å². The molecule has 0 unspecified atom stereocenters. The first-order valence-corrected chi connectivity index (χ1v) is 9.24. The second kappa shape index (κ2) is 8.86. The molecule has 0 radical (unpaired) electrons. The van der Waals surface area contributed by atoms with E-state index in [1.807, 2.05) is 0 Å². The van der Waals surface area contributed by atoms with Crippen LogP contribution >= 0.6 is 0 Å². The molecule has 1 aliphatic rings. The van der Waals surface area contributed by atoms with Crippen LogP contribution in [0.1, 0.15) is 28.8 Å². The molecular formula is C20H17F6N3O2. The van der Waals surface area contributed by atoms with E-state index in [4.69, 9.17) is 0 Å². The van der Waals surface area contributed by atoms with E-state index in [1.165, 1.54) is 4.90 Å². The third-order valence-corrected chi connectivity index (χ3v) is 4.97. The van der Waals surface area contributed by atoms with Gasteiger partial charge in [0.15, 0.2) is 17.5 Å². The number of hydrogen-bond acceptors (Lipinski definition) is 3. The van der Waals surface area contributed by atoms with Crippen molar-refractivity contribution in [3.63, 3.8) is 0 Å². The summed E-state index contributed by atoms with van der Waals surface area (Å²) in [5.41, 5.74) is 3.23. The van der Waals surface area contributed by atoms with Gasteiger partial charge in [0.1, 0.15) is 0 Å². The molecule has 3 rings (SSSR count). The van der Waals surface area contributed by atoms with E-state index in [2.05, 4.69) is 10.9 Å². The Balaban J connectivity index is 1.52. The normalized spacial score (nSPS) is 15.0. The Hall–Kier alpha value is -3.24. The summed E-state index contributed by atoms with van der Waals surface area (Å²) < 4.78 is 77.6. The predicted molar refractivity (Wildman–Crippen MR) is 98.2 cm³/mol. The highest BCUT2D eigenvalue weighted by atomic mass is 19.4. The van der Waals surface area contributed by atoms with E-state index in [0.29, 0.717) is 6.07 Å². The Labute approximate surface area is 173 Å². The molecule has 1 saturated heterocycles. The average molecular weight is 445 g/mol. The number of nitrogens with one attached hydrogen (secondary N) is 2. The van der Waals surface area contributed by atoms with Crippen molar-refractivity contribution in [3.05, 3.63) is 65.0 Å². The number of hydrogen-bond donors (Lipinski definition) is 2. The molecule has 0 saturated carbocycles. The van der Waals surface area contributed by atoms with Crippen LogP contribution in [0.3, 0.4) is 0 Å². The zero-order valence-corrected chi connectivity index (χ0v) is 15.9. The van der Waals surface area contributed by atoms with E-state index in [-0.39, 0.29) is 31.5 Å². The SMILES string of the molecule is O=C(NNc1ccc(F)c(F)c1F)C1CCN(C(=O)c2ccc(C(F)(F)F)cc2)CC1. The predicted octanol–water partition coefficient (Wildman–Crippen LogP) is 4.12. The lowest BCUT2D eigenvalue weighted by Gasteiger charge is -2.31. The number of nitrogens with zero attached hydrogens (tertiary/aromatic N) is 1. The Bertz CT molecular complexity index is 970. The fourth-order valence-corrected chi connectivity index (χ4v) is 3.18. The highest BCUT2D eigenvalue weighted by Crippen LogP contribution is 2.29. The number of likely N-dealkylation sites (tertiary alicyclic amines) is 1. The van der Waals surface area contributed by atoms with Gasteiger partial charge in [0.2, 0.25) is 5.91 Å². The molecule has 1 aliphatic heterocycles. The summed E-state index contributed by atoms with van der Waals surface area (Å²) in [5, 5.41) is 0. The van der Waals surface area contributed by atoms with Crippen molar-refractivity contribution in [2.24, 2.45) is 5.92 Å². The molecule has 1 fully saturated rings. The van der Waals surface area contributed by atoms with Crippen molar-refractivity contribution >= 4 is 17.5 Å². The Morgan fingerprint density at radius 1 is 0.903 bits per heavy atom. The van der Waals surface area contributed by atoms with Gasteiger partial charge in [0.25, 0.3) is 5.91 Å². The van der Waals surface area contributed by atoms with Crippen LogP contribution in [0.15, 0.2) is 36.4 Å². The summed E-state index contributed by atoms with van der Waals surface area (Å²) in [6.07, 6.45) is -3.97. The number of alkyl halides is 3. The maximum absolute atomic E-state index is 13.6. The van der Waals surface area contributed by atoms with Gasteiger partial charge < -0.3 is 4.90 Å². The number of carbonyl (C=O) groups is 2. The molecule has 0 spiro atoms. The van der Waals surface area contributed by atoms with Crippen molar-refractivity contribution in [1.29, 1.82) is 0 Å². The molecular weight excluding hydrogens is 428 g/mol. The maximum Gasteiger partial charge on any atom is 0.416 e. The summed E-state index contributed by atoms with van der Waals surface area (Å²) >= 11 is 0. The van der Waals surface area contributed by atoms with Gasteiger partial charge in [-0.1, -0.05) is 0 Å². The first-order chi connectivity index (χ1) is 14.6. The first-order valence-electron chi connectivity index (χ1n) is 9.24. The van der Waals surface area contributed by atoms with Crippen LogP contribution < -0.4 is 10.9 Å². The summed E-state index contributed by atoms with van der Waals surface area (Å²) in [7, 11) is 0. The lowest BCUT2D eigenvalue weighted by atomic mass is 9.95.